The zero-order chi connectivity index (χ0) is 17.1. The van der Waals surface area contributed by atoms with E-state index in [1.807, 2.05) is 50.4 Å². The van der Waals surface area contributed by atoms with Crippen LogP contribution >= 0.6 is 0 Å². The van der Waals surface area contributed by atoms with Crippen molar-refractivity contribution in [3.8, 4) is 11.8 Å². The van der Waals surface area contributed by atoms with Crippen molar-refractivity contribution in [3.63, 3.8) is 0 Å². The fourth-order valence-corrected chi connectivity index (χ4v) is 2.55. The van der Waals surface area contributed by atoms with E-state index >= 15 is 0 Å². The maximum absolute atomic E-state index is 12.8. The molecule has 0 radical (unpaired) electrons. The predicted octanol–water partition coefficient (Wildman–Crippen LogP) is 3.11. The average molecular weight is 316 g/mol. The Balaban J connectivity index is 2.09. The van der Waals surface area contributed by atoms with Crippen LogP contribution in [0.5, 0.6) is 0 Å². The molecule has 3 aromatic rings. The fourth-order valence-electron chi connectivity index (χ4n) is 2.55. The molecule has 118 valence electrons. The van der Waals surface area contributed by atoms with E-state index < -0.39 is 0 Å². The molecular formula is C19H16N4O. The molecule has 3 rings (SSSR count). The highest BCUT2D eigenvalue weighted by Crippen LogP contribution is 2.17. The summed E-state index contributed by atoms with van der Waals surface area (Å²) in [5.41, 5.74) is 2.94. The van der Waals surface area contributed by atoms with Crippen molar-refractivity contribution in [3.05, 3.63) is 81.8 Å². The van der Waals surface area contributed by atoms with Gasteiger partial charge in [0.05, 0.1) is 23.0 Å². The zero-order valence-corrected chi connectivity index (χ0v) is 13.5. The van der Waals surface area contributed by atoms with Crippen LogP contribution < -0.4 is 5.56 Å². The van der Waals surface area contributed by atoms with Gasteiger partial charge in [0, 0.05) is 18.8 Å². The Hall–Kier alpha value is -3.39. The van der Waals surface area contributed by atoms with Crippen molar-refractivity contribution < 1.29 is 0 Å². The summed E-state index contributed by atoms with van der Waals surface area (Å²) in [5.74, 6) is 0. The van der Waals surface area contributed by atoms with E-state index in [-0.39, 0.29) is 5.56 Å². The van der Waals surface area contributed by atoms with Crippen LogP contribution in [0.1, 0.15) is 16.8 Å². The van der Waals surface area contributed by atoms with Gasteiger partial charge in [-0.15, -0.1) is 0 Å². The number of benzene rings is 2. The molecule has 1 heterocycles. The lowest BCUT2D eigenvalue weighted by Crippen LogP contribution is -2.19. The van der Waals surface area contributed by atoms with E-state index in [0.717, 1.165) is 11.4 Å². The van der Waals surface area contributed by atoms with Crippen LogP contribution in [0.25, 0.3) is 5.69 Å². The topological polar surface area (TPSA) is 63.1 Å². The molecule has 0 saturated carbocycles. The first-order valence-corrected chi connectivity index (χ1v) is 7.50. The minimum Gasteiger partial charge on any atom is -0.283 e. The lowest BCUT2D eigenvalue weighted by atomic mass is 10.1. The molecule has 1 aromatic heterocycles. The molecule has 0 bridgehead atoms. The highest BCUT2D eigenvalue weighted by atomic mass is 16.1. The van der Waals surface area contributed by atoms with Gasteiger partial charge in [0.2, 0.25) is 0 Å². The van der Waals surface area contributed by atoms with Crippen molar-refractivity contribution in [2.45, 2.75) is 6.92 Å². The number of hydrogen-bond acceptors (Lipinski definition) is 3. The first-order valence-electron chi connectivity index (χ1n) is 7.50. The van der Waals surface area contributed by atoms with E-state index in [1.54, 1.807) is 33.8 Å². The van der Waals surface area contributed by atoms with Gasteiger partial charge in [-0.1, -0.05) is 36.4 Å². The van der Waals surface area contributed by atoms with Gasteiger partial charge < -0.3 is 0 Å². The molecule has 0 aliphatic rings. The summed E-state index contributed by atoms with van der Waals surface area (Å²) in [6, 6.07) is 18.7. The van der Waals surface area contributed by atoms with Gasteiger partial charge in [-0.2, -0.15) is 5.26 Å². The smallest absolute Gasteiger partial charge is 0.283 e. The van der Waals surface area contributed by atoms with Gasteiger partial charge in [-0.25, -0.2) is 9.67 Å². The predicted molar refractivity (Wildman–Crippen MR) is 94.2 cm³/mol. The second-order valence-corrected chi connectivity index (χ2v) is 5.37. The summed E-state index contributed by atoms with van der Waals surface area (Å²) in [6.07, 6.45) is 1.57. The molecule has 0 unspecified atom stereocenters. The summed E-state index contributed by atoms with van der Waals surface area (Å²) < 4.78 is 3.36. The van der Waals surface area contributed by atoms with Crippen molar-refractivity contribution in [2.75, 3.05) is 0 Å². The molecule has 0 aliphatic heterocycles. The van der Waals surface area contributed by atoms with E-state index in [9.17, 15) is 4.79 Å². The molecule has 24 heavy (non-hydrogen) atoms. The Kier molecular flexibility index (Phi) is 4.13. The molecule has 0 fully saturated rings. The minimum absolute atomic E-state index is 0.188. The number of nitriles is 1. The molecule has 0 amide bonds. The third-order valence-corrected chi connectivity index (χ3v) is 3.94. The Morgan fingerprint density at radius 1 is 1.08 bits per heavy atom. The number of aromatic nitrogens is 2. The normalized spacial score (nSPS) is 10.9. The molecule has 0 N–H and O–H groups in total. The van der Waals surface area contributed by atoms with Crippen molar-refractivity contribution in [2.24, 2.45) is 12.0 Å². The molecule has 2 aromatic carbocycles. The molecule has 0 saturated heterocycles. The second kappa shape index (κ2) is 6.39. The van der Waals surface area contributed by atoms with Crippen LogP contribution in [0, 0.1) is 18.3 Å². The lowest BCUT2D eigenvalue weighted by Gasteiger charge is -2.07. The van der Waals surface area contributed by atoms with E-state index in [1.165, 1.54) is 0 Å². The average Bonchev–Trinajstić information content (AvgIpc) is 2.83. The van der Waals surface area contributed by atoms with Crippen LogP contribution in [0.4, 0.5) is 5.69 Å². The number of hydrogen-bond donors (Lipinski definition) is 0. The van der Waals surface area contributed by atoms with Gasteiger partial charge in [0.25, 0.3) is 5.56 Å². The van der Waals surface area contributed by atoms with Gasteiger partial charge in [0.1, 0.15) is 0 Å². The molecule has 5 nitrogen and oxygen atoms in total. The summed E-state index contributed by atoms with van der Waals surface area (Å²) in [5, 5.41) is 9.14. The van der Waals surface area contributed by atoms with Crippen LogP contribution in [0.15, 0.2) is 64.4 Å². The van der Waals surface area contributed by atoms with Crippen LogP contribution in [-0.2, 0) is 7.05 Å². The molecule has 0 atom stereocenters. The van der Waals surface area contributed by atoms with Gasteiger partial charge in [-0.3, -0.25) is 9.48 Å². The largest absolute Gasteiger partial charge is 0.297 e. The quantitative estimate of drug-likeness (QED) is 0.697. The Labute approximate surface area is 139 Å². The summed E-state index contributed by atoms with van der Waals surface area (Å²) in [6.45, 7) is 1.85. The lowest BCUT2D eigenvalue weighted by molar-refractivity contribution is 0.630. The van der Waals surface area contributed by atoms with Crippen molar-refractivity contribution in [1.82, 2.24) is 9.36 Å². The molecule has 0 spiro atoms. The van der Waals surface area contributed by atoms with Crippen LogP contribution in [-0.4, -0.2) is 15.6 Å². The van der Waals surface area contributed by atoms with Crippen LogP contribution in [0.3, 0.4) is 0 Å². The maximum Gasteiger partial charge on any atom is 0.297 e. The monoisotopic (exact) mass is 316 g/mol. The van der Waals surface area contributed by atoms with Gasteiger partial charge >= 0.3 is 0 Å². The highest BCUT2D eigenvalue weighted by molar-refractivity contribution is 5.85. The summed E-state index contributed by atoms with van der Waals surface area (Å²) in [7, 11) is 1.83. The van der Waals surface area contributed by atoms with Gasteiger partial charge in [-0.05, 0) is 25.1 Å². The van der Waals surface area contributed by atoms with E-state index in [0.29, 0.717) is 16.8 Å². The standard InChI is InChI=1S/C19H16N4O/c1-14-18(21-13-16-9-7-6-8-15(16)12-20)19(24)23(22(14)2)17-10-4-3-5-11-17/h3-11,13H,1-2H3. The first-order chi connectivity index (χ1) is 11.6. The maximum atomic E-state index is 12.8. The Morgan fingerprint density at radius 2 is 1.75 bits per heavy atom. The van der Waals surface area contributed by atoms with E-state index in [4.69, 9.17) is 5.26 Å². The molecule has 5 heteroatoms. The number of nitrogens with zero attached hydrogens (tertiary/aromatic N) is 4. The Morgan fingerprint density at radius 3 is 2.46 bits per heavy atom. The fraction of sp³-hybridized carbons (Fsp3) is 0.105. The van der Waals surface area contributed by atoms with Crippen molar-refractivity contribution >= 4 is 11.9 Å². The zero-order valence-electron chi connectivity index (χ0n) is 13.5. The minimum atomic E-state index is -0.188. The van der Waals surface area contributed by atoms with E-state index in [2.05, 4.69) is 11.1 Å². The number of para-hydroxylation sites is 1. The summed E-state index contributed by atoms with van der Waals surface area (Å²) in [4.78, 5) is 17.1. The number of rotatable bonds is 3. The Bertz CT molecular complexity index is 1000. The highest BCUT2D eigenvalue weighted by Gasteiger charge is 2.15. The first kappa shape index (κ1) is 15.5. The number of aliphatic imine (C=N–C) groups is 1. The molecular weight excluding hydrogens is 300 g/mol. The third-order valence-electron chi connectivity index (χ3n) is 3.94. The van der Waals surface area contributed by atoms with Crippen molar-refractivity contribution in [1.29, 1.82) is 5.26 Å². The van der Waals surface area contributed by atoms with Crippen LogP contribution in [0.2, 0.25) is 0 Å². The third kappa shape index (κ3) is 2.66. The SMILES string of the molecule is Cc1c(N=Cc2ccccc2C#N)c(=O)n(-c2ccccc2)n1C. The second-order valence-electron chi connectivity index (χ2n) is 5.37. The van der Waals surface area contributed by atoms with Gasteiger partial charge in [0.15, 0.2) is 5.69 Å². The summed E-state index contributed by atoms with van der Waals surface area (Å²) >= 11 is 0. The molecule has 0 aliphatic carbocycles.